The van der Waals surface area contributed by atoms with Crippen LogP contribution in [0.25, 0.3) is 0 Å². The van der Waals surface area contributed by atoms with Gasteiger partial charge < -0.3 is 14.7 Å². The van der Waals surface area contributed by atoms with Gasteiger partial charge in [0.2, 0.25) is 11.5 Å². The molecule has 0 aliphatic heterocycles. The summed E-state index contributed by atoms with van der Waals surface area (Å²) in [6, 6.07) is 2.32. The summed E-state index contributed by atoms with van der Waals surface area (Å²) in [5.74, 6) is -0.681. The molecule has 8 heteroatoms. The number of nitrogens with zero attached hydrogens (tertiary/aromatic N) is 2. The first kappa shape index (κ1) is 14.4. The van der Waals surface area contributed by atoms with E-state index < -0.39 is 16.4 Å². The number of hydrogen-bond donors (Lipinski definition) is 1. The van der Waals surface area contributed by atoms with Crippen molar-refractivity contribution in [2.24, 2.45) is 5.16 Å². The summed E-state index contributed by atoms with van der Waals surface area (Å²) in [5, 5.41) is 22.3. The number of oxime groups is 1. The van der Waals surface area contributed by atoms with Crippen LogP contribution in [0.2, 0.25) is 0 Å². The number of Topliss-reactive ketones (excluding diaryl/α,β-unsaturated/α-hetero) is 1. The van der Waals surface area contributed by atoms with Crippen LogP contribution in [0.5, 0.6) is 11.5 Å². The fourth-order valence-electron chi connectivity index (χ4n) is 1.47. The predicted molar refractivity (Wildman–Crippen MR) is 65.4 cm³/mol. The second-order valence-electron chi connectivity index (χ2n) is 3.50. The zero-order chi connectivity index (χ0) is 14.6. The number of ketones is 1. The van der Waals surface area contributed by atoms with Crippen LogP contribution in [0.1, 0.15) is 17.3 Å². The van der Waals surface area contributed by atoms with Crippen LogP contribution in [-0.2, 0) is 0 Å². The Hall–Kier alpha value is -2.64. The summed E-state index contributed by atoms with van der Waals surface area (Å²) >= 11 is 0. The number of carbonyl (C=O) groups excluding carboxylic acids is 1. The molecule has 0 heterocycles. The van der Waals surface area contributed by atoms with Crippen molar-refractivity contribution < 1.29 is 24.4 Å². The van der Waals surface area contributed by atoms with Crippen LogP contribution in [0.15, 0.2) is 17.3 Å². The molecule has 0 radical (unpaired) electrons. The zero-order valence-electron chi connectivity index (χ0n) is 10.5. The van der Waals surface area contributed by atoms with Crippen molar-refractivity contribution in [2.45, 2.75) is 6.92 Å². The molecule has 0 unspecified atom stereocenters. The molecule has 1 N–H and O–H groups in total. The molecule has 1 aromatic rings. The number of benzene rings is 1. The van der Waals surface area contributed by atoms with Crippen LogP contribution in [-0.4, -0.2) is 35.8 Å². The molecule has 1 rings (SSSR count). The number of nitro groups is 1. The van der Waals surface area contributed by atoms with Gasteiger partial charge in [-0.1, -0.05) is 5.16 Å². The Kier molecular flexibility index (Phi) is 4.41. The van der Waals surface area contributed by atoms with Gasteiger partial charge in [0.25, 0.3) is 0 Å². The fraction of sp³-hybridized carbons (Fsp3) is 0.273. The van der Waals surface area contributed by atoms with Crippen molar-refractivity contribution in [3.05, 3.63) is 27.8 Å². The molecule has 19 heavy (non-hydrogen) atoms. The lowest BCUT2D eigenvalue weighted by Gasteiger charge is -2.09. The SMILES string of the molecule is COc1cc(C(=O)C(C)=NO)cc([N+](=O)[O-])c1OC. The van der Waals surface area contributed by atoms with E-state index in [4.69, 9.17) is 14.7 Å². The lowest BCUT2D eigenvalue weighted by molar-refractivity contribution is -0.385. The number of nitro benzene ring substituents is 1. The minimum atomic E-state index is -0.691. The van der Waals surface area contributed by atoms with E-state index in [-0.39, 0.29) is 22.8 Å². The van der Waals surface area contributed by atoms with E-state index in [9.17, 15) is 14.9 Å². The molecule has 0 aromatic heterocycles. The summed E-state index contributed by atoms with van der Waals surface area (Å²) < 4.78 is 9.84. The molecule has 0 saturated heterocycles. The van der Waals surface area contributed by atoms with E-state index >= 15 is 0 Å². The van der Waals surface area contributed by atoms with Gasteiger partial charge >= 0.3 is 5.69 Å². The molecule has 102 valence electrons. The van der Waals surface area contributed by atoms with Crippen molar-refractivity contribution in [2.75, 3.05) is 14.2 Å². The number of carbonyl (C=O) groups is 1. The van der Waals surface area contributed by atoms with E-state index in [1.807, 2.05) is 0 Å². The van der Waals surface area contributed by atoms with Gasteiger partial charge in [-0.15, -0.1) is 0 Å². The van der Waals surface area contributed by atoms with Gasteiger partial charge in [-0.3, -0.25) is 14.9 Å². The number of methoxy groups -OCH3 is 2. The molecule has 0 aliphatic carbocycles. The third-order valence-electron chi connectivity index (χ3n) is 2.40. The smallest absolute Gasteiger partial charge is 0.315 e. The lowest BCUT2D eigenvalue weighted by atomic mass is 10.1. The highest BCUT2D eigenvalue weighted by molar-refractivity contribution is 6.45. The van der Waals surface area contributed by atoms with Crippen LogP contribution in [0.3, 0.4) is 0 Å². The van der Waals surface area contributed by atoms with Crippen molar-refractivity contribution in [1.29, 1.82) is 0 Å². The number of ether oxygens (including phenoxy) is 2. The maximum absolute atomic E-state index is 11.8. The van der Waals surface area contributed by atoms with E-state index in [1.165, 1.54) is 27.2 Å². The average Bonchev–Trinajstić information content (AvgIpc) is 2.43. The first-order chi connectivity index (χ1) is 8.96. The first-order valence-corrected chi connectivity index (χ1v) is 5.10. The molecule has 0 saturated carbocycles. The topological polar surface area (TPSA) is 111 Å². The number of rotatable bonds is 5. The van der Waals surface area contributed by atoms with Gasteiger partial charge in [0.1, 0.15) is 5.71 Å². The standard InChI is InChI=1S/C11H12N2O6/c1-6(12-15)10(14)7-4-8(13(16)17)11(19-3)9(5-7)18-2/h4-5,15H,1-3H3. The molecule has 8 nitrogen and oxygen atoms in total. The molecular formula is C11H12N2O6. The summed E-state index contributed by atoms with van der Waals surface area (Å²) in [7, 11) is 2.55. The fourth-order valence-corrected chi connectivity index (χ4v) is 1.47. The summed E-state index contributed by atoms with van der Waals surface area (Å²) in [6.45, 7) is 1.28. The molecule has 0 amide bonds. The van der Waals surface area contributed by atoms with Gasteiger partial charge in [-0.05, 0) is 13.0 Å². The van der Waals surface area contributed by atoms with Gasteiger partial charge in [-0.2, -0.15) is 0 Å². The third-order valence-corrected chi connectivity index (χ3v) is 2.40. The Bertz CT molecular complexity index is 552. The molecule has 1 aromatic carbocycles. The van der Waals surface area contributed by atoms with E-state index in [2.05, 4.69) is 5.16 Å². The highest BCUT2D eigenvalue weighted by Gasteiger charge is 2.24. The van der Waals surface area contributed by atoms with Crippen LogP contribution < -0.4 is 9.47 Å². The van der Waals surface area contributed by atoms with Gasteiger partial charge in [-0.25, -0.2) is 0 Å². The Morgan fingerprint density at radius 2 is 2.00 bits per heavy atom. The third kappa shape index (κ3) is 2.79. The normalized spacial score (nSPS) is 11.0. The molecule has 0 aliphatic rings. The van der Waals surface area contributed by atoms with Crippen molar-refractivity contribution >= 4 is 17.2 Å². The predicted octanol–water partition coefficient (Wildman–Crippen LogP) is 1.64. The minimum Gasteiger partial charge on any atom is -0.493 e. The monoisotopic (exact) mass is 268 g/mol. The molecule has 0 atom stereocenters. The first-order valence-electron chi connectivity index (χ1n) is 5.10. The maximum atomic E-state index is 11.8. The largest absolute Gasteiger partial charge is 0.493 e. The highest BCUT2D eigenvalue weighted by atomic mass is 16.6. The second kappa shape index (κ2) is 5.80. The highest BCUT2D eigenvalue weighted by Crippen LogP contribution is 2.38. The Balaban J connectivity index is 3.49. The number of hydrogen-bond acceptors (Lipinski definition) is 7. The maximum Gasteiger partial charge on any atom is 0.315 e. The van der Waals surface area contributed by atoms with E-state index in [0.717, 1.165) is 6.07 Å². The van der Waals surface area contributed by atoms with Crippen LogP contribution in [0, 0.1) is 10.1 Å². The van der Waals surface area contributed by atoms with E-state index in [1.54, 1.807) is 0 Å². The molecule has 0 spiro atoms. The zero-order valence-corrected chi connectivity index (χ0v) is 10.5. The van der Waals surface area contributed by atoms with Gasteiger partial charge in [0.05, 0.1) is 19.1 Å². The van der Waals surface area contributed by atoms with Crippen molar-refractivity contribution in [3.63, 3.8) is 0 Å². The van der Waals surface area contributed by atoms with Gasteiger partial charge in [0.15, 0.2) is 5.75 Å². The van der Waals surface area contributed by atoms with Gasteiger partial charge in [0, 0.05) is 11.6 Å². The Morgan fingerprint density at radius 3 is 2.42 bits per heavy atom. The van der Waals surface area contributed by atoms with Crippen LogP contribution >= 0.6 is 0 Å². The molecule has 0 fully saturated rings. The Morgan fingerprint density at radius 1 is 1.37 bits per heavy atom. The van der Waals surface area contributed by atoms with E-state index in [0.29, 0.717) is 0 Å². The van der Waals surface area contributed by atoms with Crippen molar-refractivity contribution in [3.8, 4) is 11.5 Å². The summed E-state index contributed by atoms with van der Waals surface area (Å²) in [6.07, 6.45) is 0. The molecule has 0 bridgehead atoms. The average molecular weight is 268 g/mol. The minimum absolute atomic E-state index is 0.0281. The summed E-state index contributed by atoms with van der Waals surface area (Å²) in [5.41, 5.74) is -0.628. The Labute approximate surface area is 108 Å². The van der Waals surface area contributed by atoms with Crippen LogP contribution in [0.4, 0.5) is 5.69 Å². The molecular weight excluding hydrogens is 256 g/mol. The second-order valence-corrected chi connectivity index (χ2v) is 3.50. The lowest BCUT2D eigenvalue weighted by Crippen LogP contribution is -2.11. The summed E-state index contributed by atoms with van der Waals surface area (Å²) in [4.78, 5) is 22.1. The van der Waals surface area contributed by atoms with Crippen molar-refractivity contribution in [1.82, 2.24) is 0 Å². The quantitative estimate of drug-likeness (QED) is 0.285.